The lowest BCUT2D eigenvalue weighted by molar-refractivity contribution is -0.143. The van der Waals surface area contributed by atoms with Gasteiger partial charge in [0.15, 0.2) is 5.65 Å². The van der Waals surface area contributed by atoms with Gasteiger partial charge in [-0.2, -0.15) is 26.3 Å². The summed E-state index contributed by atoms with van der Waals surface area (Å²) in [6.07, 6.45) is -7.72. The van der Waals surface area contributed by atoms with Gasteiger partial charge in [0.25, 0.3) is 5.91 Å². The minimum absolute atomic E-state index is 0.0281. The Balaban J connectivity index is 1.57. The van der Waals surface area contributed by atoms with Crippen molar-refractivity contribution in [2.75, 3.05) is 18.4 Å². The van der Waals surface area contributed by atoms with E-state index in [9.17, 15) is 41.0 Å². The maximum atomic E-state index is 13.6. The molecule has 2 N–H and O–H groups in total. The van der Waals surface area contributed by atoms with E-state index in [0.29, 0.717) is 0 Å². The Morgan fingerprint density at radius 1 is 0.881 bits per heavy atom. The van der Waals surface area contributed by atoms with Crippen LogP contribution in [0.1, 0.15) is 34.6 Å². The second kappa shape index (κ2) is 10.9. The molecule has 15 heteroatoms. The number of amides is 1. The Morgan fingerprint density at radius 3 is 2.19 bits per heavy atom. The van der Waals surface area contributed by atoms with Crippen LogP contribution in [0, 0.1) is 5.92 Å². The van der Waals surface area contributed by atoms with Crippen molar-refractivity contribution in [1.82, 2.24) is 24.8 Å². The highest BCUT2D eigenvalue weighted by molar-refractivity contribution is 5.96. The van der Waals surface area contributed by atoms with Crippen LogP contribution in [0.2, 0.25) is 0 Å². The first-order valence-electron chi connectivity index (χ1n) is 12.5. The molecule has 4 aromatic rings. The first kappa shape index (κ1) is 28.7. The highest BCUT2D eigenvalue weighted by atomic mass is 19.4. The molecule has 3 aromatic heterocycles. The number of halogens is 6. The lowest BCUT2D eigenvalue weighted by atomic mass is 9.97. The molecule has 42 heavy (non-hydrogen) atoms. The maximum absolute atomic E-state index is 13.6. The number of likely N-dealkylation sites (tertiary alicyclic amines) is 1. The van der Waals surface area contributed by atoms with Crippen LogP contribution >= 0.6 is 0 Å². The predicted molar refractivity (Wildman–Crippen MR) is 137 cm³/mol. The number of fused-ring (bicyclic) bond motifs is 1. The number of nitrogens with one attached hydrogen (secondary N) is 1. The highest BCUT2D eigenvalue weighted by Crippen LogP contribution is 2.36. The second-order valence-electron chi connectivity index (χ2n) is 9.47. The van der Waals surface area contributed by atoms with E-state index in [-0.39, 0.29) is 60.0 Å². The number of hydrogen-bond donors (Lipinski definition) is 2. The van der Waals surface area contributed by atoms with Gasteiger partial charge in [-0.15, -0.1) is 0 Å². The van der Waals surface area contributed by atoms with Gasteiger partial charge >= 0.3 is 18.3 Å². The molecule has 1 aliphatic heterocycles. The number of carbonyl (C=O) groups is 2. The van der Waals surface area contributed by atoms with Gasteiger partial charge in [0, 0.05) is 25.0 Å². The number of carboxylic acids is 1. The number of hydrogen-bond acceptors (Lipinski definition) is 7. The third-order valence-electron chi connectivity index (χ3n) is 6.71. The molecule has 0 spiro atoms. The van der Waals surface area contributed by atoms with Crippen LogP contribution in [0.4, 0.5) is 37.8 Å². The number of alkyl halides is 6. The molecule has 0 atom stereocenters. The number of carbonyl (C=O) groups excluding carboxylic acids is 1. The summed E-state index contributed by atoms with van der Waals surface area (Å²) >= 11 is 0. The lowest BCUT2D eigenvalue weighted by Crippen LogP contribution is -2.41. The molecule has 0 aliphatic carbocycles. The van der Waals surface area contributed by atoms with Gasteiger partial charge in [-0.1, -0.05) is 0 Å². The first-order chi connectivity index (χ1) is 19.8. The molecule has 1 fully saturated rings. The fourth-order valence-corrected chi connectivity index (χ4v) is 4.52. The minimum atomic E-state index is -4.73. The van der Waals surface area contributed by atoms with Gasteiger partial charge in [0.1, 0.15) is 11.5 Å². The normalized spacial score (nSPS) is 14.7. The molecule has 5 rings (SSSR count). The van der Waals surface area contributed by atoms with Crippen molar-refractivity contribution in [2.45, 2.75) is 25.2 Å². The molecule has 1 aliphatic rings. The smallest absolute Gasteiger partial charge is 0.418 e. The highest BCUT2D eigenvalue weighted by Gasteiger charge is 2.35. The number of rotatable bonds is 5. The van der Waals surface area contributed by atoms with E-state index in [4.69, 9.17) is 0 Å². The van der Waals surface area contributed by atoms with Crippen LogP contribution in [-0.2, 0) is 17.1 Å². The molecule has 0 bridgehead atoms. The van der Waals surface area contributed by atoms with Crippen LogP contribution in [0.15, 0.2) is 54.7 Å². The summed E-state index contributed by atoms with van der Waals surface area (Å²) in [6, 6.07) is 8.61. The van der Waals surface area contributed by atoms with E-state index < -0.39 is 47.0 Å². The van der Waals surface area contributed by atoms with E-state index in [1.807, 2.05) is 0 Å². The van der Waals surface area contributed by atoms with Crippen molar-refractivity contribution < 1.29 is 41.0 Å². The molecule has 1 saturated heterocycles. The lowest BCUT2D eigenvalue weighted by Gasteiger charge is -2.29. The molecular formula is C27H20F6N6O3. The molecule has 0 saturated carbocycles. The van der Waals surface area contributed by atoms with Crippen LogP contribution in [-0.4, -0.2) is 54.9 Å². The largest absolute Gasteiger partial charge is 0.481 e. The van der Waals surface area contributed by atoms with Crippen LogP contribution in [0.5, 0.6) is 0 Å². The van der Waals surface area contributed by atoms with Crippen molar-refractivity contribution in [3.63, 3.8) is 0 Å². The zero-order valence-corrected chi connectivity index (χ0v) is 21.4. The average molecular weight is 590 g/mol. The monoisotopic (exact) mass is 590 g/mol. The summed E-state index contributed by atoms with van der Waals surface area (Å²) in [5, 5.41) is 12.3. The molecule has 0 radical (unpaired) electrons. The molecule has 1 amide bonds. The fourth-order valence-electron chi connectivity index (χ4n) is 4.52. The summed E-state index contributed by atoms with van der Waals surface area (Å²) in [5.74, 6) is -2.67. The van der Waals surface area contributed by atoms with Crippen molar-refractivity contribution in [3.05, 3.63) is 71.7 Å². The topological polar surface area (TPSA) is 121 Å². The van der Waals surface area contributed by atoms with Gasteiger partial charge in [-0.05, 0) is 61.4 Å². The van der Waals surface area contributed by atoms with Crippen LogP contribution < -0.4 is 5.32 Å². The molecule has 1 aromatic carbocycles. The number of aromatic nitrogens is 4. The number of aliphatic carboxylic acids is 1. The van der Waals surface area contributed by atoms with E-state index in [1.54, 1.807) is 0 Å². The van der Waals surface area contributed by atoms with Crippen molar-refractivity contribution in [1.29, 1.82) is 0 Å². The molecule has 4 heterocycles. The first-order valence-corrected chi connectivity index (χ1v) is 12.5. The summed E-state index contributed by atoms with van der Waals surface area (Å²) in [5.41, 5.74) is -2.56. The van der Waals surface area contributed by atoms with E-state index in [2.05, 4.69) is 25.3 Å². The van der Waals surface area contributed by atoms with Crippen molar-refractivity contribution in [3.8, 4) is 11.4 Å². The van der Waals surface area contributed by atoms with Gasteiger partial charge in [-0.3, -0.25) is 14.6 Å². The number of carboxylic acid groups (broad SMARTS) is 1. The Bertz CT molecular complexity index is 1650. The Kier molecular flexibility index (Phi) is 7.43. The third kappa shape index (κ3) is 5.94. The predicted octanol–water partition coefficient (Wildman–Crippen LogP) is 5.80. The Morgan fingerprint density at radius 2 is 1.57 bits per heavy atom. The van der Waals surface area contributed by atoms with E-state index >= 15 is 0 Å². The summed E-state index contributed by atoms with van der Waals surface area (Å²) in [6.45, 7) is 0.213. The van der Waals surface area contributed by atoms with Gasteiger partial charge in [0.05, 0.1) is 28.1 Å². The molecule has 218 valence electrons. The van der Waals surface area contributed by atoms with E-state index in [1.165, 1.54) is 23.2 Å². The Labute approximate surface area is 233 Å². The zero-order chi connectivity index (χ0) is 30.2. The fraction of sp³-hybridized carbons (Fsp3) is 0.259. The number of anilines is 2. The standard InChI is InChI=1S/C27H20F6N6O3/c28-26(29,30)15-3-5-16(6-4-15)35-21-17-7-8-19(20-18(27(31,32)33)2-1-11-34-20)36-22(17)38-23(37-21)24(40)39-12-9-14(10-13-39)25(41)42/h1-8,11,14H,9-10,12-13H2,(H,41,42)(H,35,36,37,38). The quantitative estimate of drug-likeness (QED) is 0.280. The maximum Gasteiger partial charge on any atom is 0.418 e. The average Bonchev–Trinajstić information content (AvgIpc) is 2.96. The molecule has 9 nitrogen and oxygen atoms in total. The van der Waals surface area contributed by atoms with Crippen LogP contribution in [0.3, 0.4) is 0 Å². The SMILES string of the molecule is O=C(O)C1CCN(C(=O)c2nc(Nc3ccc(C(F)(F)F)cc3)c3ccc(-c4ncccc4C(F)(F)F)nc3n2)CC1. The number of piperidine rings is 1. The summed E-state index contributed by atoms with van der Waals surface area (Å²) < 4.78 is 80.0. The summed E-state index contributed by atoms with van der Waals surface area (Å²) in [4.78, 5) is 42.5. The van der Waals surface area contributed by atoms with E-state index in [0.717, 1.165) is 36.4 Å². The second-order valence-corrected chi connectivity index (χ2v) is 9.47. The minimum Gasteiger partial charge on any atom is -0.481 e. The van der Waals surface area contributed by atoms with Gasteiger partial charge < -0.3 is 15.3 Å². The Hall–Kier alpha value is -4.82. The van der Waals surface area contributed by atoms with Gasteiger partial charge in [0.2, 0.25) is 5.82 Å². The molecular weight excluding hydrogens is 570 g/mol. The number of benzene rings is 1. The zero-order valence-electron chi connectivity index (χ0n) is 21.4. The third-order valence-corrected chi connectivity index (χ3v) is 6.71. The van der Waals surface area contributed by atoms with Crippen molar-refractivity contribution >= 4 is 34.4 Å². The number of nitrogens with zero attached hydrogens (tertiary/aromatic N) is 5. The van der Waals surface area contributed by atoms with Crippen LogP contribution in [0.25, 0.3) is 22.4 Å². The van der Waals surface area contributed by atoms with Gasteiger partial charge in [-0.25, -0.2) is 15.0 Å². The number of pyridine rings is 2. The van der Waals surface area contributed by atoms with Crippen molar-refractivity contribution in [2.24, 2.45) is 5.92 Å². The summed E-state index contributed by atoms with van der Waals surface area (Å²) in [7, 11) is 0. The molecule has 0 unspecified atom stereocenters.